The summed E-state index contributed by atoms with van der Waals surface area (Å²) in [6.07, 6.45) is 2.03. The van der Waals surface area contributed by atoms with Gasteiger partial charge in [-0.15, -0.1) is 0 Å². The van der Waals surface area contributed by atoms with Crippen LogP contribution in [-0.2, 0) is 20.6 Å². The third-order valence-corrected chi connectivity index (χ3v) is 8.56. The maximum Gasteiger partial charge on any atom is 0.224 e. The number of amides is 1. The molecule has 0 bridgehead atoms. The van der Waals surface area contributed by atoms with Gasteiger partial charge in [-0.25, -0.2) is 12.7 Å². The van der Waals surface area contributed by atoms with Gasteiger partial charge >= 0.3 is 0 Å². The number of rotatable bonds is 9. The Morgan fingerprint density at radius 1 is 1.15 bits per heavy atom. The molecule has 1 aliphatic rings. The van der Waals surface area contributed by atoms with Gasteiger partial charge in [-0.2, -0.15) is 0 Å². The highest BCUT2D eigenvalue weighted by molar-refractivity contribution is 7.88. The molecule has 0 saturated carbocycles. The maximum absolute atomic E-state index is 13.2. The number of hydrogen-bond acceptors (Lipinski definition) is 4. The highest BCUT2D eigenvalue weighted by atomic mass is 35.5. The van der Waals surface area contributed by atoms with Gasteiger partial charge in [-0.05, 0) is 55.0 Å². The highest BCUT2D eigenvalue weighted by Gasteiger charge is 2.34. The third kappa shape index (κ3) is 6.87. The summed E-state index contributed by atoms with van der Waals surface area (Å²) >= 11 is 12.4. The van der Waals surface area contributed by atoms with Gasteiger partial charge in [0.1, 0.15) is 5.75 Å². The fraction of sp³-hybridized carbons (Fsp3) is 0.480. The van der Waals surface area contributed by atoms with E-state index in [0.717, 1.165) is 17.7 Å². The number of carbonyl (C=O) groups excluding carboxylic acids is 1. The van der Waals surface area contributed by atoms with Crippen molar-refractivity contribution in [2.75, 3.05) is 20.2 Å². The fourth-order valence-electron chi connectivity index (χ4n) is 4.23. The lowest BCUT2D eigenvalue weighted by atomic mass is 9.94. The predicted molar refractivity (Wildman–Crippen MR) is 137 cm³/mol. The minimum Gasteiger partial charge on any atom is -0.497 e. The first-order valence-corrected chi connectivity index (χ1v) is 13.8. The normalized spacial score (nSPS) is 18.0. The number of nitrogens with one attached hydrogen (secondary N) is 1. The summed E-state index contributed by atoms with van der Waals surface area (Å²) < 4.78 is 32.9. The number of benzene rings is 2. The van der Waals surface area contributed by atoms with Gasteiger partial charge in [-0.3, -0.25) is 4.79 Å². The van der Waals surface area contributed by atoms with Crippen LogP contribution in [0.25, 0.3) is 0 Å². The van der Waals surface area contributed by atoms with Crippen LogP contribution in [0, 0.1) is 11.8 Å². The van der Waals surface area contributed by atoms with Crippen LogP contribution in [0.5, 0.6) is 5.75 Å². The third-order valence-electron chi connectivity index (χ3n) is 6.08. The Kier molecular flexibility index (Phi) is 9.27. The summed E-state index contributed by atoms with van der Waals surface area (Å²) in [4.78, 5) is 13.2. The molecule has 1 fully saturated rings. The molecule has 0 spiro atoms. The van der Waals surface area contributed by atoms with Gasteiger partial charge in [0, 0.05) is 28.7 Å². The molecule has 0 aromatic heterocycles. The summed E-state index contributed by atoms with van der Waals surface area (Å²) in [7, 11) is -2.07. The second kappa shape index (κ2) is 11.8. The van der Waals surface area contributed by atoms with E-state index in [9.17, 15) is 13.2 Å². The lowest BCUT2D eigenvalue weighted by molar-refractivity contribution is -0.127. The Labute approximate surface area is 212 Å². The van der Waals surface area contributed by atoms with Crippen molar-refractivity contribution in [1.29, 1.82) is 0 Å². The minimum absolute atomic E-state index is 0.128. The second-order valence-electron chi connectivity index (χ2n) is 9.12. The van der Waals surface area contributed by atoms with E-state index in [2.05, 4.69) is 19.2 Å². The molecule has 186 valence electrons. The van der Waals surface area contributed by atoms with Gasteiger partial charge in [0.15, 0.2) is 0 Å². The predicted octanol–water partition coefficient (Wildman–Crippen LogP) is 5.45. The van der Waals surface area contributed by atoms with Gasteiger partial charge in [-0.1, -0.05) is 55.2 Å². The van der Waals surface area contributed by atoms with Crippen LogP contribution < -0.4 is 10.1 Å². The zero-order valence-corrected chi connectivity index (χ0v) is 22.1. The quantitative estimate of drug-likeness (QED) is 0.471. The Morgan fingerprint density at radius 2 is 1.79 bits per heavy atom. The van der Waals surface area contributed by atoms with Crippen LogP contribution in [0.15, 0.2) is 42.5 Å². The average molecular weight is 528 g/mol. The van der Waals surface area contributed by atoms with Gasteiger partial charge < -0.3 is 10.1 Å². The number of carbonyl (C=O) groups is 1. The van der Waals surface area contributed by atoms with Gasteiger partial charge in [0.2, 0.25) is 15.9 Å². The van der Waals surface area contributed by atoms with E-state index in [0.29, 0.717) is 40.9 Å². The average Bonchev–Trinajstić information content (AvgIpc) is 2.81. The molecule has 1 aliphatic heterocycles. The van der Waals surface area contributed by atoms with Crippen molar-refractivity contribution in [3.8, 4) is 5.75 Å². The van der Waals surface area contributed by atoms with E-state index in [-0.39, 0.29) is 24.2 Å². The summed E-state index contributed by atoms with van der Waals surface area (Å²) in [6, 6.07) is 12.4. The SMILES string of the molecule is COc1ccc([C@H](CC(C)C)NC(=O)[C@H]2CCCN(S(=O)(=O)Cc3c(Cl)cccc3Cl)C2)cc1. The standard InChI is InChI=1S/C25H32Cl2N2O4S/c1-17(2)14-24(18-9-11-20(33-3)12-10-18)28-25(30)19-6-5-13-29(15-19)34(31,32)16-21-22(26)7-4-8-23(21)27/h4,7-12,17,19,24H,5-6,13-16H2,1-3H3,(H,28,30)/t19-,24-/m0/s1. The van der Waals surface area contributed by atoms with E-state index in [4.69, 9.17) is 27.9 Å². The lowest BCUT2D eigenvalue weighted by Crippen LogP contribution is -2.46. The molecule has 6 nitrogen and oxygen atoms in total. The molecule has 34 heavy (non-hydrogen) atoms. The molecule has 0 aliphatic carbocycles. The molecule has 0 radical (unpaired) electrons. The van der Waals surface area contributed by atoms with Crippen molar-refractivity contribution in [2.45, 2.75) is 44.9 Å². The van der Waals surface area contributed by atoms with Crippen molar-refractivity contribution >= 4 is 39.1 Å². The molecule has 2 aromatic rings. The maximum atomic E-state index is 13.2. The lowest BCUT2D eigenvalue weighted by Gasteiger charge is -2.32. The van der Waals surface area contributed by atoms with Crippen molar-refractivity contribution in [1.82, 2.24) is 9.62 Å². The molecule has 2 aromatic carbocycles. The molecule has 2 atom stereocenters. The van der Waals surface area contributed by atoms with Crippen LogP contribution in [0.2, 0.25) is 10.0 Å². The topological polar surface area (TPSA) is 75.7 Å². The van der Waals surface area contributed by atoms with E-state index >= 15 is 0 Å². The van der Waals surface area contributed by atoms with Crippen LogP contribution >= 0.6 is 23.2 Å². The van der Waals surface area contributed by atoms with Crippen LogP contribution in [0.4, 0.5) is 0 Å². The second-order valence-corrected chi connectivity index (χ2v) is 11.9. The Morgan fingerprint density at radius 3 is 2.38 bits per heavy atom. The summed E-state index contributed by atoms with van der Waals surface area (Å²) in [5, 5.41) is 3.80. The minimum atomic E-state index is -3.68. The van der Waals surface area contributed by atoms with Gasteiger partial charge in [0.05, 0.1) is 24.8 Å². The van der Waals surface area contributed by atoms with Crippen LogP contribution in [0.1, 0.15) is 50.3 Å². The molecule has 1 N–H and O–H groups in total. The number of methoxy groups -OCH3 is 1. The number of sulfonamides is 1. The molecule has 9 heteroatoms. The number of nitrogens with zero attached hydrogens (tertiary/aromatic N) is 1. The molecule has 1 amide bonds. The largest absolute Gasteiger partial charge is 0.497 e. The molecular formula is C25H32Cl2N2O4S. The van der Waals surface area contributed by atoms with Crippen molar-refractivity contribution < 1.29 is 17.9 Å². The zero-order valence-electron chi connectivity index (χ0n) is 19.8. The molecule has 1 heterocycles. The van der Waals surface area contributed by atoms with Gasteiger partial charge in [0.25, 0.3) is 0 Å². The monoisotopic (exact) mass is 526 g/mol. The number of halogens is 2. The Hall–Kier alpha value is -1.80. The fourth-order valence-corrected chi connectivity index (χ4v) is 6.59. The van der Waals surface area contributed by atoms with Crippen molar-refractivity contribution in [3.63, 3.8) is 0 Å². The Balaban J connectivity index is 1.71. The molecular weight excluding hydrogens is 495 g/mol. The van der Waals surface area contributed by atoms with E-state index in [1.54, 1.807) is 25.3 Å². The zero-order chi connectivity index (χ0) is 24.9. The summed E-state index contributed by atoms with van der Waals surface area (Å²) in [5.41, 5.74) is 1.38. The van der Waals surface area contributed by atoms with Crippen LogP contribution in [0.3, 0.4) is 0 Å². The highest BCUT2D eigenvalue weighted by Crippen LogP contribution is 2.30. The molecule has 0 unspecified atom stereocenters. The van der Waals surface area contributed by atoms with Crippen LogP contribution in [-0.4, -0.2) is 38.8 Å². The summed E-state index contributed by atoms with van der Waals surface area (Å²) in [5.74, 6) is 0.290. The number of piperidine rings is 1. The number of hydrogen-bond donors (Lipinski definition) is 1. The number of ether oxygens (including phenoxy) is 1. The molecule has 1 saturated heterocycles. The first-order valence-electron chi connectivity index (χ1n) is 11.5. The first kappa shape index (κ1) is 26.8. The summed E-state index contributed by atoms with van der Waals surface area (Å²) in [6.45, 7) is 4.74. The smallest absolute Gasteiger partial charge is 0.224 e. The van der Waals surface area contributed by atoms with E-state index < -0.39 is 15.9 Å². The molecule has 3 rings (SSSR count). The van der Waals surface area contributed by atoms with E-state index in [1.807, 2.05) is 24.3 Å². The van der Waals surface area contributed by atoms with Crippen molar-refractivity contribution in [3.05, 3.63) is 63.6 Å². The van der Waals surface area contributed by atoms with Crippen molar-refractivity contribution in [2.24, 2.45) is 11.8 Å². The van der Waals surface area contributed by atoms with E-state index in [1.165, 1.54) is 4.31 Å². The first-order chi connectivity index (χ1) is 16.1. The Bertz CT molecular complexity index is 1070.